The second-order valence-electron chi connectivity index (χ2n) is 6.55. The van der Waals surface area contributed by atoms with Gasteiger partial charge in [0, 0.05) is 50.0 Å². The summed E-state index contributed by atoms with van der Waals surface area (Å²) in [5.74, 6) is 1.06. The Labute approximate surface area is 143 Å². The van der Waals surface area contributed by atoms with Crippen molar-refractivity contribution >= 4 is 17.3 Å². The molecule has 3 rings (SSSR count). The van der Waals surface area contributed by atoms with Crippen molar-refractivity contribution in [3.8, 4) is 0 Å². The molecule has 5 nitrogen and oxygen atoms in total. The summed E-state index contributed by atoms with van der Waals surface area (Å²) in [6, 6.07) is 0. The van der Waals surface area contributed by atoms with E-state index in [1.165, 1.54) is 23.5 Å². The zero-order valence-corrected chi connectivity index (χ0v) is 15.1. The van der Waals surface area contributed by atoms with Crippen LogP contribution in [0.3, 0.4) is 0 Å². The summed E-state index contributed by atoms with van der Waals surface area (Å²) < 4.78 is 5.63. The number of guanidine groups is 1. The van der Waals surface area contributed by atoms with Crippen molar-refractivity contribution in [3.63, 3.8) is 0 Å². The first kappa shape index (κ1) is 16.7. The molecule has 128 valence electrons. The van der Waals surface area contributed by atoms with Crippen LogP contribution in [-0.4, -0.2) is 55.2 Å². The molecule has 1 spiro atoms. The molecular weight excluding hydrogens is 308 g/mol. The Morgan fingerprint density at radius 1 is 1.48 bits per heavy atom. The van der Waals surface area contributed by atoms with Gasteiger partial charge in [-0.1, -0.05) is 6.92 Å². The lowest BCUT2D eigenvalue weighted by molar-refractivity contribution is 0.156. The zero-order valence-electron chi connectivity index (χ0n) is 14.3. The number of thiazole rings is 1. The number of aryl methyl sites for hydroxylation is 1. The third-order valence-electron chi connectivity index (χ3n) is 4.79. The molecule has 0 radical (unpaired) electrons. The Morgan fingerprint density at radius 3 is 3.09 bits per heavy atom. The molecule has 6 heteroatoms. The summed E-state index contributed by atoms with van der Waals surface area (Å²) in [5, 5.41) is 6.84. The average Bonchev–Trinajstić information content (AvgIpc) is 3.29. The molecule has 2 aliphatic rings. The van der Waals surface area contributed by atoms with Crippen LogP contribution in [0.5, 0.6) is 0 Å². The third kappa shape index (κ3) is 4.04. The van der Waals surface area contributed by atoms with Gasteiger partial charge in [0.15, 0.2) is 5.96 Å². The fourth-order valence-electron chi connectivity index (χ4n) is 3.42. The Balaban J connectivity index is 1.57. The molecule has 0 aromatic carbocycles. The predicted octanol–water partition coefficient (Wildman–Crippen LogP) is 2.33. The van der Waals surface area contributed by atoms with E-state index in [0.29, 0.717) is 5.41 Å². The van der Waals surface area contributed by atoms with Crippen molar-refractivity contribution in [2.24, 2.45) is 10.4 Å². The summed E-state index contributed by atoms with van der Waals surface area (Å²) in [5.41, 5.74) is 1.55. The number of likely N-dealkylation sites (tertiary alicyclic amines) is 1. The van der Waals surface area contributed by atoms with E-state index >= 15 is 0 Å². The number of aromatic nitrogens is 1. The first-order valence-electron chi connectivity index (χ1n) is 8.79. The molecule has 1 aromatic heterocycles. The number of aliphatic imine (C=N–C) groups is 1. The van der Waals surface area contributed by atoms with Gasteiger partial charge in [0.25, 0.3) is 0 Å². The van der Waals surface area contributed by atoms with Crippen molar-refractivity contribution in [3.05, 3.63) is 16.1 Å². The summed E-state index contributed by atoms with van der Waals surface area (Å²) in [4.78, 5) is 11.9. The first-order valence-corrected chi connectivity index (χ1v) is 9.67. The highest BCUT2D eigenvalue weighted by molar-refractivity contribution is 7.09. The van der Waals surface area contributed by atoms with Gasteiger partial charge < -0.3 is 15.0 Å². The molecule has 3 heterocycles. The molecule has 2 fully saturated rings. The van der Waals surface area contributed by atoms with E-state index in [9.17, 15) is 0 Å². The SMILES string of the molecule is CCNC(=NCCc1csc(CC)n1)N1CCC2(CCOC2)C1. The van der Waals surface area contributed by atoms with E-state index in [1.807, 2.05) is 0 Å². The maximum absolute atomic E-state index is 5.63. The average molecular weight is 337 g/mol. The highest BCUT2D eigenvalue weighted by Crippen LogP contribution is 2.38. The molecular formula is C17H28N4OS. The van der Waals surface area contributed by atoms with Gasteiger partial charge in [0.1, 0.15) is 0 Å². The van der Waals surface area contributed by atoms with Gasteiger partial charge in [-0.25, -0.2) is 4.98 Å². The topological polar surface area (TPSA) is 49.8 Å². The molecule has 2 saturated heterocycles. The van der Waals surface area contributed by atoms with E-state index < -0.39 is 0 Å². The van der Waals surface area contributed by atoms with Crippen LogP contribution in [0.25, 0.3) is 0 Å². The lowest BCUT2D eigenvalue weighted by atomic mass is 9.87. The van der Waals surface area contributed by atoms with Gasteiger partial charge in [-0.2, -0.15) is 0 Å². The minimum absolute atomic E-state index is 0.376. The van der Waals surface area contributed by atoms with Crippen LogP contribution in [0.2, 0.25) is 0 Å². The number of nitrogens with one attached hydrogen (secondary N) is 1. The first-order chi connectivity index (χ1) is 11.2. The van der Waals surface area contributed by atoms with Gasteiger partial charge in [0.05, 0.1) is 17.3 Å². The Hall–Kier alpha value is -1.14. The van der Waals surface area contributed by atoms with Crippen LogP contribution in [-0.2, 0) is 17.6 Å². The quantitative estimate of drug-likeness (QED) is 0.662. The monoisotopic (exact) mass is 336 g/mol. The van der Waals surface area contributed by atoms with E-state index in [2.05, 4.69) is 34.4 Å². The predicted molar refractivity (Wildman–Crippen MR) is 95.2 cm³/mol. The van der Waals surface area contributed by atoms with E-state index in [-0.39, 0.29) is 0 Å². The molecule has 1 aromatic rings. The zero-order chi connectivity index (χ0) is 16.1. The highest BCUT2D eigenvalue weighted by Gasteiger charge is 2.42. The van der Waals surface area contributed by atoms with Crippen LogP contribution in [0, 0.1) is 5.41 Å². The molecule has 0 bridgehead atoms. The molecule has 1 unspecified atom stereocenters. The summed E-state index contributed by atoms with van der Waals surface area (Å²) in [6.45, 7) is 10.0. The van der Waals surface area contributed by atoms with Crippen molar-refractivity contribution in [2.45, 2.75) is 39.5 Å². The molecule has 1 atom stereocenters. The number of hydrogen-bond donors (Lipinski definition) is 1. The van der Waals surface area contributed by atoms with E-state index in [1.54, 1.807) is 11.3 Å². The van der Waals surface area contributed by atoms with E-state index in [0.717, 1.165) is 58.2 Å². The number of ether oxygens (including phenoxy) is 1. The fourth-order valence-corrected chi connectivity index (χ4v) is 4.19. The second kappa shape index (κ2) is 7.62. The van der Waals surface area contributed by atoms with Crippen molar-refractivity contribution in [1.29, 1.82) is 0 Å². The van der Waals surface area contributed by atoms with E-state index in [4.69, 9.17) is 9.73 Å². The summed E-state index contributed by atoms with van der Waals surface area (Å²) in [6.07, 6.45) is 4.37. The largest absolute Gasteiger partial charge is 0.381 e. The molecule has 2 aliphatic heterocycles. The minimum Gasteiger partial charge on any atom is -0.381 e. The Bertz CT molecular complexity index is 536. The highest BCUT2D eigenvalue weighted by atomic mass is 32.1. The van der Waals surface area contributed by atoms with Crippen molar-refractivity contribution in [2.75, 3.05) is 39.4 Å². The van der Waals surface area contributed by atoms with Crippen LogP contribution in [0.4, 0.5) is 0 Å². The number of hydrogen-bond acceptors (Lipinski definition) is 4. The normalized spacial score (nSPS) is 24.8. The molecule has 23 heavy (non-hydrogen) atoms. The molecule has 0 aliphatic carbocycles. The standard InChI is InChI=1S/C17H28N4OS/c1-3-15-20-14(11-23-15)5-8-19-16(18-4-2)21-9-6-17(12-21)7-10-22-13-17/h11H,3-10,12-13H2,1-2H3,(H,18,19). The Kier molecular flexibility index (Phi) is 5.54. The van der Waals surface area contributed by atoms with Gasteiger partial charge in [0.2, 0.25) is 0 Å². The molecule has 1 N–H and O–H groups in total. The summed E-state index contributed by atoms with van der Waals surface area (Å²) in [7, 11) is 0. The summed E-state index contributed by atoms with van der Waals surface area (Å²) >= 11 is 1.76. The molecule has 0 saturated carbocycles. The van der Waals surface area contributed by atoms with Crippen molar-refractivity contribution < 1.29 is 4.74 Å². The minimum atomic E-state index is 0.376. The van der Waals surface area contributed by atoms with Crippen LogP contribution in [0.1, 0.15) is 37.4 Å². The smallest absolute Gasteiger partial charge is 0.193 e. The lowest BCUT2D eigenvalue weighted by Gasteiger charge is -2.24. The van der Waals surface area contributed by atoms with Gasteiger partial charge in [-0.05, 0) is 26.2 Å². The van der Waals surface area contributed by atoms with Crippen LogP contribution < -0.4 is 5.32 Å². The second-order valence-corrected chi connectivity index (χ2v) is 7.49. The van der Waals surface area contributed by atoms with Crippen LogP contribution >= 0.6 is 11.3 Å². The van der Waals surface area contributed by atoms with Crippen molar-refractivity contribution in [1.82, 2.24) is 15.2 Å². The molecule has 0 amide bonds. The Morgan fingerprint density at radius 2 is 2.39 bits per heavy atom. The third-order valence-corrected chi connectivity index (χ3v) is 5.83. The van der Waals surface area contributed by atoms with Gasteiger partial charge in [-0.3, -0.25) is 4.99 Å². The maximum atomic E-state index is 5.63. The maximum Gasteiger partial charge on any atom is 0.193 e. The fraction of sp³-hybridized carbons (Fsp3) is 0.765. The van der Waals surface area contributed by atoms with Crippen LogP contribution in [0.15, 0.2) is 10.4 Å². The van der Waals surface area contributed by atoms with Gasteiger partial charge >= 0.3 is 0 Å². The number of nitrogens with zero attached hydrogens (tertiary/aromatic N) is 3. The van der Waals surface area contributed by atoms with Gasteiger partial charge in [-0.15, -0.1) is 11.3 Å². The lowest BCUT2D eigenvalue weighted by Crippen LogP contribution is -2.41. The number of rotatable bonds is 5.